The van der Waals surface area contributed by atoms with Gasteiger partial charge in [-0.15, -0.1) is 11.6 Å². The van der Waals surface area contributed by atoms with Crippen molar-refractivity contribution in [3.8, 4) is 0 Å². The van der Waals surface area contributed by atoms with Crippen molar-refractivity contribution < 1.29 is 4.74 Å². The van der Waals surface area contributed by atoms with Gasteiger partial charge in [0, 0.05) is 25.6 Å². The van der Waals surface area contributed by atoms with Crippen LogP contribution in [0.5, 0.6) is 0 Å². The van der Waals surface area contributed by atoms with E-state index >= 15 is 0 Å². The first-order chi connectivity index (χ1) is 6.26. The van der Waals surface area contributed by atoms with Crippen molar-refractivity contribution in [1.82, 2.24) is 4.90 Å². The van der Waals surface area contributed by atoms with Crippen LogP contribution in [0.1, 0.15) is 26.7 Å². The second kappa shape index (κ2) is 8.79. The van der Waals surface area contributed by atoms with E-state index in [1.807, 2.05) is 0 Å². The molecule has 0 heterocycles. The number of hydrogen-bond donors (Lipinski definition) is 0. The Morgan fingerprint density at radius 3 is 2.54 bits per heavy atom. The van der Waals surface area contributed by atoms with Crippen molar-refractivity contribution in [3.05, 3.63) is 0 Å². The van der Waals surface area contributed by atoms with Crippen LogP contribution in [-0.4, -0.2) is 43.6 Å². The summed E-state index contributed by atoms with van der Waals surface area (Å²) < 4.78 is 5.07. The number of halogens is 1. The Hall–Kier alpha value is 0.210. The number of hydrogen-bond acceptors (Lipinski definition) is 2. The van der Waals surface area contributed by atoms with Gasteiger partial charge in [-0.3, -0.25) is 4.90 Å². The molecule has 0 spiro atoms. The smallest absolute Gasteiger partial charge is 0.0589 e. The standard InChI is InChI=1S/C10H22ClNO/c1-4-10(2)12(7-5-6-11)8-9-13-3/h10H,4-9H2,1-3H3. The molecule has 0 aliphatic heterocycles. The lowest BCUT2D eigenvalue weighted by Crippen LogP contribution is -2.36. The van der Waals surface area contributed by atoms with E-state index < -0.39 is 0 Å². The molecule has 0 aliphatic rings. The van der Waals surface area contributed by atoms with Gasteiger partial charge in [0.05, 0.1) is 6.61 Å². The normalized spacial score (nSPS) is 13.6. The maximum atomic E-state index is 5.67. The summed E-state index contributed by atoms with van der Waals surface area (Å²) in [6.07, 6.45) is 2.25. The second-order valence-electron chi connectivity index (χ2n) is 3.33. The van der Waals surface area contributed by atoms with E-state index in [1.165, 1.54) is 6.42 Å². The SMILES string of the molecule is CCC(C)N(CCCCl)CCOC. The van der Waals surface area contributed by atoms with Gasteiger partial charge in [0.25, 0.3) is 0 Å². The molecular weight excluding hydrogens is 186 g/mol. The minimum atomic E-state index is 0.637. The predicted octanol–water partition coefficient (Wildman–Crippen LogP) is 2.36. The first-order valence-electron chi connectivity index (χ1n) is 5.05. The van der Waals surface area contributed by atoms with Gasteiger partial charge in [-0.2, -0.15) is 0 Å². The summed E-state index contributed by atoms with van der Waals surface area (Å²) in [7, 11) is 1.75. The molecule has 3 heteroatoms. The average Bonchev–Trinajstić information content (AvgIpc) is 2.17. The zero-order valence-electron chi connectivity index (χ0n) is 9.05. The fraction of sp³-hybridized carbons (Fsp3) is 1.00. The predicted molar refractivity (Wildman–Crippen MR) is 58.5 cm³/mol. The molecule has 0 aromatic rings. The molecule has 0 saturated carbocycles. The first kappa shape index (κ1) is 13.2. The van der Waals surface area contributed by atoms with E-state index in [0.29, 0.717) is 6.04 Å². The van der Waals surface area contributed by atoms with Gasteiger partial charge in [0.1, 0.15) is 0 Å². The molecule has 0 bridgehead atoms. The minimum absolute atomic E-state index is 0.637. The molecule has 0 saturated heterocycles. The molecule has 0 fully saturated rings. The van der Waals surface area contributed by atoms with Crippen LogP contribution in [0.2, 0.25) is 0 Å². The largest absolute Gasteiger partial charge is 0.383 e. The Kier molecular flexibility index (Phi) is 8.93. The highest BCUT2D eigenvalue weighted by Crippen LogP contribution is 2.04. The van der Waals surface area contributed by atoms with Crippen molar-refractivity contribution in [2.24, 2.45) is 0 Å². The highest BCUT2D eigenvalue weighted by Gasteiger charge is 2.10. The van der Waals surface area contributed by atoms with Crippen LogP contribution in [0.4, 0.5) is 0 Å². The zero-order chi connectivity index (χ0) is 10.1. The van der Waals surface area contributed by atoms with E-state index in [-0.39, 0.29) is 0 Å². The molecular formula is C10H22ClNO. The van der Waals surface area contributed by atoms with Gasteiger partial charge < -0.3 is 4.74 Å². The lowest BCUT2D eigenvalue weighted by Gasteiger charge is -2.27. The summed E-state index contributed by atoms with van der Waals surface area (Å²) in [5.74, 6) is 0.750. The van der Waals surface area contributed by atoms with Crippen molar-refractivity contribution in [3.63, 3.8) is 0 Å². The highest BCUT2D eigenvalue weighted by atomic mass is 35.5. The monoisotopic (exact) mass is 207 g/mol. The molecule has 13 heavy (non-hydrogen) atoms. The quantitative estimate of drug-likeness (QED) is 0.567. The third-order valence-electron chi connectivity index (χ3n) is 2.38. The second-order valence-corrected chi connectivity index (χ2v) is 3.71. The molecule has 1 atom stereocenters. The Balaban J connectivity index is 3.72. The molecule has 0 rings (SSSR count). The van der Waals surface area contributed by atoms with Gasteiger partial charge in [-0.1, -0.05) is 6.92 Å². The van der Waals surface area contributed by atoms with Gasteiger partial charge >= 0.3 is 0 Å². The number of rotatable bonds is 8. The van der Waals surface area contributed by atoms with Gasteiger partial charge in [0.2, 0.25) is 0 Å². The lowest BCUT2D eigenvalue weighted by molar-refractivity contribution is 0.123. The first-order valence-corrected chi connectivity index (χ1v) is 5.58. The summed E-state index contributed by atoms with van der Waals surface area (Å²) in [6, 6.07) is 0.637. The summed E-state index contributed by atoms with van der Waals surface area (Å²) in [5, 5.41) is 0. The van der Waals surface area contributed by atoms with Gasteiger partial charge in [-0.25, -0.2) is 0 Å². The number of methoxy groups -OCH3 is 1. The van der Waals surface area contributed by atoms with Crippen molar-refractivity contribution >= 4 is 11.6 Å². The van der Waals surface area contributed by atoms with Crippen LogP contribution in [-0.2, 0) is 4.74 Å². The van der Waals surface area contributed by atoms with E-state index in [9.17, 15) is 0 Å². The maximum Gasteiger partial charge on any atom is 0.0589 e. The maximum absolute atomic E-state index is 5.67. The average molecular weight is 208 g/mol. The van der Waals surface area contributed by atoms with Crippen LogP contribution in [0, 0.1) is 0 Å². The highest BCUT2D eigenvalue weighted by molar-refractivity contribution is 6.17. The van der Waals surface area contributed by atoms with Crippen LogP contribution in [0.25, 0.3) is 0 Å². The van der Waals surface area contributed by atoms with Gasteiger partial charge in [-0.05, 0) is 26.3 Å². The number of nitrogens with zero attached hydrogens (tertiary/aromatic N) is 1. The molecule has 0 N–H and O–H groups in total. The Morgan fingerprint density at radius 1 is 1.38 bits per heavy atom. The minimum Gasteiger partial charge on any atom is -0.383 e. The van der Waals surface area contributed by atoms with Crippen molar-refractivity contribution in [2.75, 3.05) is 32.7 Å². The van der Waals surface area contributed by atoms with Crippen molar-refractivity contribution in [1.29, 1.82) is 0 Å². The van der Waals surface area contributed by atoms with Crippen LogP contribution in [0.3, 0.4) is 0 Å². The van der Waals surface area contributed by atoms with E-state index in [4.69, 9.17) is 16.3 Å². The molecule has 1 unspecified atom stereocenters. The topological polar surface area (TPSA) is 12.5 Å². The summed E-state index contributed by atoms with van der Waals surface area (Å²) in [4.78, 5) is 2.44. The lowest BCUT2D eigenvalue weighted by atomic mass is 10.2. The third-order valence-corrected chi connectivity index (χ3v) is 2.64. The molecule has 0 amide bonds. The van der Waals surface area contributed by atoms with E-state index in [2.05, 4.69) is 18.7 Å². The molecule has 0 radical (unpaired) electrons. The molecule has 80 valence electrons. The van der Waals surface area contributed by atoms with Crippen LogP contribution < -0.4 is 0 Å². The fourth-order valence-corrected chi connectivity index (χ4v) is 1.40. The Labute approximate surface area is 87.2 Å². The van der Waals surface area contributed by atoms with E-state index in [0.717, 1.165) is 32.0 Å². The summed E-state index contributed by atoms with van der Waals surface area (Å²) in [6.45, 7) is 7.38. The number of alkyl halides is 1. The van der Waals surface area contributed by atoms with E-state index in [1.54, 1.807) is 7.11 Å². The van der Waals surface area contributed by atoms with Crippen molar-refractivity contribution in [2.45, 2.75) is 32.7 Å². The zero-order valence-corrected chi connectivity index (χ0v) is 9.81. The summed E-state index contributed by atoms with van der Waals surface area (Å²) >= 11 is 5.67. The molecule has 0 aliphatic carbocycles. The Morgan fingerprint density at radius 2 is 2.08 bits per heavy atom. The molecule has 0 aromatic heterocycles. The Bertz CT molecular complexity index is 103. The van der Waals surface area contributed by atoms with Crippen LogP contribution >= 0.6 is 11.6 Å². The van der Waals surface area contributed by atoms with Crippen LogP contribution in [0.15, 0.2) is 0 Å². The molecule has 0 aromatic carbocycles. The van der Waals surface area contributed by atoms with Gasteiger partial charge in [0.15, 0.2) is 0 Å². The molecule has 2 nitrogen and oxygen atoms in total. The third kappa shape index (κ3) is 6.30. The fourth-order valence-electron chi connectivity index (χ4n) is 1.28. The number of ether oxygens (including phenoxy) is 1. The summed E-state index contributed by atoms with van der Waals surface area (Å²) in [5.41, 5.74) is 0.